The Hall–Kier alpha value is -2.65. The molecule has 2 rings (SSSR count). The molecule has 7 nitrogen and oxygen atoms in total. The van der Waals surface area contributed by atoms with Crippen LogP contribution in [0.2, 0.25) is 0 Å². The molecule has 15 heteroatoms. The number of hydrogen-bond acceptors (Lipinski definition) is 6. The van der Waals surface area contributed by atoms with Gasteiger partial charge in [0, 0.05) is 23.6 Å². The lowest BCUT2D eigenvalue weighted by Gasteiger charge is -2.32. The van der Waals surface area contributed by atoms with Crippen molar-refractivity contribution in [2.45, 2.75) is 32.1 Å². The number of benzene rings is 1. The number of amides is 1. The average Bonchev–Trinajstić information content (AvgIpc) is 2.76. The zero-order valence-corrected chi connectivity index (χ0v) is 20.5. The lowest BCUT2D eigenvalue weighted by molar-refractivity contribution is -0.137. The highest BCUT2D eigenvalue weighted by molar-refractivity contribution is 8.04. The van der Waals surface area contributed by atoms with Crippen LogP contribution >= 0.6 is 11.8 Å². The molecule has 0 unspecified atom stereocenters. The number of halogens is 6. The van der Waals surface area contributed by atoms with Crippen molar-refractivity contribution in [2.75, 3.05) is 23.9 Å². The van der Waals surface area contributed by atoms with Gasteiger partial charge in [0.25, 0.3) is 5.91 Å². The normalized spacial score (nSPS) is 16.2. The van der Waals surface area contributed by atoms with Crippen LogP contribution in [0.3, 0.4) is 0 Å². The summed E-state index contributed by atoms with van der Waals surface area (Å²) in [5.41, 5.74) is 10.5. The van der Waals surface area contributed by atoms with Crippen LogP contribution in [0.15, 0.2) is 51.9 Å². The highest BCUT2D eigenvalue weighted by Crippen LogP contribution is 2.36. The van der Waals surface area contributed by atoms with E-state index in [1.54, 1.807) is 0 Å². The third-order valence-corrected chi connectivity index (χ3v) is 7.61. The quantitative estimate of drug-likeness (QED) is 0.238. The topological polar surface area (TPSA) is 119 Å². The Balaban J connectivity index is 2.20. The van der Waals surface area contributed by atoms with Crippen molar-refractivity contribution in [3.05, 3.63) is 63.1 Å². The minimum Gasteiger partial charge on any atom is -0.401 e. The SMILES string of the molecule is C/C=C\C(=C/CC(F)(F)F)S(=O)(=O)NCSC1=C(N)CCN(c2cc(C(F)(F)F)ccc2C(N)=O)C1. The lowest BCUT2D eigenvalue weighted by atomic mass is 10.0. The molecule has 36 heavy (non-hydrogen) atoms. The van der Waals surface area contributed by atoms with Gasteiger partial charge in [-0.15, -0.1) is 11.8 Å². The first-order valence-corrected chi connectivity index (χ1v) is 12.8. The number of allylic oxidation sites excluding steroid dienone is 3. The number of alkyl halides is 6. The number of carbonyl (C=O) groups excluding carboxylic acids is 1. The van der Waals surface area contributed by atoms with E-state index in [0.717, 1.165) is 36.0 Å². The Morgan fingerprint density at radius 3 is 2.44 bits per heavy atom. The fourth-order valence-electron chi connectivity index (χ4n) is 3.20. The summed E-state index contributed by atoms with van der Waals surface area (Å²) in [4.78, 5) is 13.1. The molecule has 0 aromatic heterocycles. The first-order chi connectivity index (χ1) is 16.5. The second-order valence-electron chi connectivity index (χ2n) is 7.58. The summed E-state index contributed by atoms with van der Waals surface area (Å²) in [6.45, 7) is 1.59. The van der Waals surface area contributed by atoms with E-state index in [2.05, 4.69) is 4.72 Å². The molecule has 0 bridgehead atoms. The Morgan fingerprint density at radius 1 is 1.22 bits per heavy atom. The fourth-order valence-corrected chi connectivity index (χ4v) is 5.55. The van der Waals surface area contributed by atoms with Crippen molar-refractivity contribution < 1.29 is 39.6 Å². The van der Waals surface area contributed by atoms with Crippen molar-refractivity contribution in [1.82, 2.24) is 4.72 Å². The number of carbonyl (C=O) groups is 1. The minimum absolute atomic E-state index is 0.0363. The molecule has 1 aromatic rings. The van der Waals surface area contributed by atoms with Gasteiger partial charge in [0.2, 0.25) is 10.0 Å². The zero-order valence-electron chi connectivity index (χ0n) is 18.9. The summed E-state index contributed by atoms with van der Waals surface area (Å²) in [5.74, 6) is -1.23. The van der Waals surface area contributed by atoms with Gasteiger partial charge in [-0.2, -0.15) is 26.3 Å². The van der Waals surface area contributed by atoms with Gasteiger partial charge in [-0.05, 0) is 31.2 Å². The van der Waals surface area contributed by atoms with E-state index in [-0.39, 0.29) is 36.6 Å². The van der Waals surface area contributed by atoms with Crippen LogP contribution in [-0.2, 0) is 16.2 Å². The van der Waals surface area contributed by atoms with E-state index in [4.69, 9.17) is 11.5 Å². The first-order valence-electron chi connectivity index (χ1n) is 10.3. The number of nitrogens with two attached hydrogens (primary N) is 2. The van der Waals surface area contributed by atoms with E-state index >= 15 is 0 Å². The number of anilines is 1. The maximum absolute atomic E-state index is 13.2. The molecule has 0 spiro atoms. The van der Waals surface area contributed by atoms with Crippen LogP contribution in [0.1, 0.15) is 35.7 Å². The lowest BCUT2D eigenvalue weighted by Crippen LogP contribution is -2.35. The maximum Gasteiger partial charge on any atom is 0.416 e. The molecule has 0 saturated heterocycles. The average molecular weight is 559 g/mol. The summed E-state index contributed by atoms with van der Waals surface area (Å²) in [6.07, 6.45) is -7.63. The van der Waals surface area contributed by atoms with E-state index in [1.165, 1.54) is 17.9 Å². The Kier molecular flexibility index (Phi) is 9.53. The molecule has 0 radical (unpaired) electrons. The van der Waals surface area contributed by atoms with Crippen LogP contribution in [0.5, 0.6) is 0 Å². The van der Waals surface area contributed by atoms with Crippen molar-refractivity contribution in [1.29, 1.82) is 0 Å². The summed E-state index contributed by atoms with van der Waals surface area (Å²) in [5, 5.41) is 0. The van der Waals surface area contributed by atoms with Crippen LogP contribution in [0, 0.1) is 0 Å². The van der Waals surface area contributed by atoms with Crippen LogP contribution in [0.4, 0.5) is 32.0 Å². The summed E-state index contributed by atoms with van der Waals surface area (Å²) >= 11 is 0.925. The largest absolute Gasteiger partial charge is 0.416 e. The Morgan fingerprint density at radius 2 is 1.89 bits per heavy atom. The maximum atomic E-state index is 13.2. The Labute approximate surface area is 208 Å². The standard InChI is InChI=1S/C21H24F6N4O3S2/c1-2-3-14(6-8-20(22,23)24)36(33,34)30-12-35-18-11-31(9-7-16(18)28)17-10-13(21(25,26)27)4-5-15(17)19(29)32/h2-6,10,30H,7-9,11-12,28H2,1H3,(H2,29,32)/b3-2-,14-6+. The van der Waals surface area contributed by atoms with Crippen LogP contribution in [-0.4, -0.2) is 39.5 Å². The van der Waals surface area contributed by atoms with Crippen LogP contribution in [0.25, 0.3) is 0 Å². The molecule has 1 aromatic carbocycles. The van der Waals surface area contributed by atoms with E-state index in [0.29, 0.717) is 16.7 Å². The molecule has 1 aliphatic heterocycles. The highest BCUT2D eigenvalue weighted by Gasteiger charge is 2.33. The van der Waals surface area contributed by atoms with Gasteiger partial charge in [0.15, 0.2) is 0 Å². The molecule has 200 valence electrons. The second kappa shape index (κ2) is 11.6. The third kappa shape index (κ3) is 8.20. The van der Waals surface area contributed by atoms with Crippen molar-refractivity contribution >= 4 is 33.4 Å². The molecule has 5 N–H and O–H groups in total. The summed E-state index contributed by atoms with van der Waals surface area (Å²) in [7, 11) is -4.29. The number of rotatable bonds is 9. The molecule has 0 aliphatic carbocycles. The predicted octanol–water partition coefficient (Wildman–Crippen LogP) is 4.21. The van der Waals surface area contributed by atoms with Crippen LogP contribution < -0.4 is 21.1 Å². The minimum atomic E-state index is -4.66. The van der Waals surface area contributed by atoms with E-state index < -0.39 is 45.2 Å². The van der Waals surface area contributed by atoms with Gasteiger partial charge < -0.3 is 16.4 Å². The molecule has 1 amide bonds. The monoisotopic (exact) mass is 558 g/mol. The summed E-state index contributed by atoms with van der Waals surface area (Å²) < 4.78 is 104. The smallest absolute Gasteiger partial charge is 0.401 e. The first kappa shape index (κ1) is 29.6. The number of thioether (sulfide) groups is 1. The number of sulfonamides is 1. The van der Waals surface area contributed by atoms with Crippen molar-refractivity contribution in [3.63, 3.8) is 0 Å². The Bertz CT molecular complexity index is 1180. The summed E-state index contributed by atoms with van der Waals surface area (Å²) in [6, 6.07) is 2.54. The number of primary amides is 1. The van der Waals surface area contributed by atoms with Gasteiger partial charge in [0.05, 0.1) is 40.6 Å². The van der Waals surface area contributed by atoms with E-state index in [9.17, 15) is 39.6 Å². The van der Waals surface area contributed by atoms with Gasteiger partial charge in [-0.25, -0.2) is 13.1 Å². The molecular formula is C21H24F6N4O3S2. The molecule has 0 fully saturated rings. The number of nitrogens with one attached hydrogen (secondary N) is 1. The van der Waals surface area contributed by atoms with E-state index in [1.807, 2.05) is 0 Å². The zero-order chi connectivity index (χ0) is 27.3. The van der Waals surface area contributed by atoms with Crippen molar-refractivity contribution in [2.24, 2.45) is 11.5 Å². The number of hydrogen-bond donors (Lipinski definition) is 3. The van der Waals surface area contributed by atoms with Gasteiger partial charge in [-0.3, -0.25) is 4.79 Å². The van der Waals surface area contributed by atoms with Gasteiger partial charge in [-0.1, -0.05) is 12.2 Å². The molecule has 0 atom stereocenters. The third-order valence-electron chi connectivity index (χ3n) is 4.95. The molecule has 0 saturated carbocycles. The van der Waals surface area contributed by atoms with Gasteiger partial charge >= 0.3 is 12.4 Å². The van der Waals surface area contributed by atoms with Gasteiger partial charge in [0.1, 0.15) is 0 Å². The number of nitrogens with zero attached hydrogens (tertiary/aromatic N) is 1. The molecule has 1 aliphatic rings. The molecular weight excluding hydrogens is 534 g/mol. The van der Waals surface area contributed by atoms with Crippen molar-refractivity contribution in [3.8, 4) is 0 Å². The predicted molar refractivity (Wildman–Crippen MR) is 126 cm³/mol. The fraction of sp³-hybridized carbons (Fsp3) is 0.381. The molecule has 1 heterocycles. The second-order valence-corrected chi connectivity index (χ2v) is 10.4. The highest BCUT2D eigenvalue weighted by atomic mass is 32.2.